The summed E-state index contributed by atoms with van der Waals surface area (Å²) in [6.45, 7) is 4.53. The summed E-state index contributed by atoms with van der Waals surface area (Å²) in [5.74, 6) is 0.0566. The van der Waals surface area contributed by atoms with E-state index in [1.54, 1.807) is 11.3 Å². The molecule has 1 aromatic heterocycles. The third-order valence-electron chi connectivity index (χ3n) is 3.68. The summed E-state index contributed by atoms with van der Waals surface area (Å²) in [6, 6.07) is 14.6. The molecule has 1 N–H and O–H groups in total. The third kappa shape index (κ3) is 4.41. The van der Waals surface area contributed by atoms with Gasteiger partial charge in [0.1, 0.15) is 0 Å². The van der Waals surface area contributed by atoms with E-state index in [1.807, 2.05) is 49.7 Å². The van der Waals surface area contributed by atoms with Gasteiger partial charge in [0.2, 0.25) is 5.91 Å². The van der Waals surface area contributed by atoms with Gasteiger partial charge in [-0.15, -0.1) is 11.3 Å². The number of nitrogens with zero attached hydrogens (tertiary/aromatic N) is 1. The zero-order valence-electron chi connectivity index (χ0n) is 12.7. The van der Waals surface area contributed by atoms with Gasteiger partial charge < -0.3 is 5.32 Å². The zero-order valence-corrected chi connectivity index (χ0v) is 13.6. The quantitative estimate of drug-likeness (QED) is 0.884. The molecule has 2 aromatic rings. The monoisotopic (exact) mass is 302 g/mol. The molecule has 0 saturated heterocycles. The van der Waals surface area contributed by atoms with E-state index in [-0.39, 0.29) is 18.0 Å². The fourth-order valence-electron chi connectivity index (χ4n) is 2.25. The summed E-state index contributed by atoms with van der Waals surface area (Å²) in [6.07, 6.45) is 0. The molecule has 3 nitrogen and oxygen atoms in total. The fraction of sp³-hybridized carbons (Fsp3) is 0.353. The molecule has 0 spiro atoms. The zero-order chi connectivity index (χ0) is 15.2. The lowest BCUT2D eigenvalue weighted by Crippen LogP contribution is -2.37. The van der Waals surface area contributed by atoms with Crippen molar-refractivity contribution in [3.8, 4) is 0 Å². The number of thiophene rings is 1. The normalized spacial score (nSPS) is 13.9. The molecule has 0 aliphatic carbocycles. The Hall–Kier alpha value is -1.65. The van der Waals surface area contributed by atoms with Gasteiger partial charge in [0.05, 0.1) is 12.6 Å². The summed E-state index contributed by atoms with van der Waals surface area (Å²) in [5.41, 5.74) is 1.22. The van der Waals surface area contributed by atoms with Gasteiger partial charge in [-0.3, -0.25) is 9.69 Å². The first-order valence-electron chi connectivity index (χ1n) is 7.16. The molecule has 2 rings (SSSR count). The van der Waals surface area contributed by atoms with Crippen molar-refractivity contribution in [1.82, 2.24) is 10.2 Å². The van der Waals surface area contributed by atoms with Crippen molar-refractivity contribution in [3.63, 3.8) is 0 Å². The summed E-state index contributed by atoms with van der Waals surface area (Å²) < 4.78 is 0. The van der Waals surface area contributed by atoms with E-state index in [0.717, 1.165) is 0 Å². The Kier molecular flexibility index (Phi) is 5.53. The molecule has 0 bridgehead atoms. The van der Waals surface area contributed by atoms with E-state index < -0.39 is 0 Å². The van der Waals surface area contributed by atoms with E-state index in [2.05, 4.69) is 29.3 Å². The van der Waals surface area contributed by atoms with Gasteiger partial charge in [0.15, 0.2) is 0 Å². The van der Waals surface area contributed by atoms with Crippen LogP contribution in [-0.2, 0) is 4.79 Å². The second-order valence-electron chi connectivity index (χ2n) is 5.31. The van der Waals surface area contributed by atoms with E-state index in [4.69, 9.17) is 0 Å². The van der Waals surface area contributed by atoms with Crippen LogP contribution in [0.1, 0.15) is 36.4 Å². The van der Waals surface area contributed by atoms with Gasteiger partial charge in [-0.05, 0) is 37.9 Å². The van der Waals surface area contributed by atoms with Gasteiger partial charge >= 0.3 is 0 Å². The summed E-state index contributed by atoms with van der Waals surface area (Å²) in [7, 11) is 1.98. The maximum Gasteiger partial charge on any atom is 0.234 e. The number of carbonyl (C=O) groups excluding carboxylic acids is 1. The van der Waals surface area contributed by atoms with Crippen LogP contribution in [0.4, 0.5) is 0 Å². The third-order valence-corrected chi connectivity index (χ3v) is 4.74. The average molecular weight is 302 g/mol. The molecule has 21 heavy (non-hydrogen) atoms. The van der Waals surface area contributed by atoms with Crippen molar-refractivity contribution in [1.29, 1.82) is 0 Å². The van der Waals surface area contributed by atoms with Crippen LogP contribution in [0.25, 0.3) is 0 Å². The first-order chi connectivity index (χ1) is 10.1. The minimum Gasteiger partial charge on any atom is -0.348 e. The summed E-state index contributed by atoms with van der Waals surface area (Å²) in [4.78, 5) is 15.4. The first-order valence-corrected chi connectivity index (χ1v) is 8.04. The minimum absolute atomic E-state index is 0.0566. The van der Waals surface area contributed by atoms with Gasteiger partial charge in [-0.2, -0.15) is 0 Å². The van der Waals surface area contributed by atoms with Crippen LogP contribution in [0.2, 0.25) is 0 Å². The largest absolute Gasteiger partial charge is 0.348 e. The molecule has 112 valence electrons. The van der Waals surface area contributed by atoms with Crippen LogP contribution >= 0.6 is 11.3 Å². The molecule has 1 amide bonds. The lowest BCUT2D eigenvalue weighted by molar-refractivity contribution is -0.123. The van der Waals surface area contributed by atoms with Crippen LogP contribution in [0.3, 0.4) is 0 Å². The van der Waals surface area contributed by atoms with E-state index in [1.165, 1.54) is 10.4 Å². The van der Waals surface area contributed by atoms with E-state index >= 15 is 0 Å². The molecule has 0 aliphatic heterocycles. The Balaban J connectivity index is 1.87. The Morgan fingerprint density at radius 3 is 2.52 bits per heavy atom. The molecule has 1 aromatic carbocycles. The molecule has 0 aliphatic rings. The Bertz CT molecular complexity index is 553. The lowest BCUT2D eigenvalue weighted by Gasteiger charge is -2.25. The topological polar surface area (TPSA) is 32.3 Å². The molecule has 4 heteroatoms. The lowest BCUT2D eigenvalue weighted by atomic mass is 10.1. The van der Waals surface area contributed by atoms with Gasteiger partial charge in [0.25, 0.3) is 0 Å². The maximum absolute atomic E-state index is 12.1. The molecule has 0 fully saturated rings. The predicted molar refractivity (Wildman–Crippen MR) is 88.4 cm³/mol. The molecular weight excluding hydrogens is 280 g/mol. The van der Waals surface area contributed by atoms with Crippen LogP contribution in [0, 0.1) is 0 Å². The van der Waals surface area contributed by atoms with Crippen LogP contribution in [-0.4, -0.2) is 24.4 Å². The number of carbonyl (C=O) groups is 1. The standard InChI is InChI=1S/C17H22N2OS/c1-13(16-10-7-11-21-16)18-17(20)12-19(3)14(2)15-8-5-4-6-9-15/h4-11,13-14H,12H2,1-3H3,(H,18,20)/t13-,14-/m0/s1. The molecule has 0 radical (unpaired) electrons. The number of rotatable bonds is 6. The highest BCUT2D eigenvalue weighted by molar-refractivity contribution is 7.10. The number of nitrogens with one attached hydrogen (secondary N) is 1. The van der Waals surface area contributed by atoms with Crippen molar-refractivity contribution < 1.29 is 4.79 Å². The highest BCUT2D eigenvalue weighted by Gasteiger charge is 2.16. The number of hydrogen-bond acceptors (Lipinski definition) is 3. The van der Waals surface area contributed by atoms with Crippen LogP contribution in [0.15, 0.2) is 47.8 Å². The van der Waals surface area contributed by atoms with Gasteiger partial charge in [0, 0.05) is 10.9 Å². The molecular formula is C17H22N2OS. The van der Waals surface area contributed by atoms with Crippen LogP contribution in [0.5, 0.6) is 0 Å². The Morgan fingerprint density at radius 1 is 1.19 bits per heavy atom. The molecule has 1 heterocycles. The predicted octanol–water partition coefficient (Wildman–Crippen LogP) is 3.62. The number of likely N-dealkylation sites (N-methyl/N-ethyl adjacent to an activating group) is 1. The number of amides is 1. The average Bonchev–Trinajstić information content (AvgIpc) is 3.01. The Morgan fingerprint density at radius 2 is 1.90 bits per heavy atom. The highest BCUT2D eigenvalue weighted by atomic mass is 32.1. The van der Waals surface area contributed by atoms with Gasteiger partial charge in [-0.25, -0.2) is 0 Å². The van der Waals surface area contributed by atoms with Gasteiger partial charge in [-0.1, -0.05) is 36.4 Å². The molecule has 0 unspecified atom stereocenters. The maximum atomic E-state index is 12.1. The van der Waals surface area contributed by atoms with Crippen molar-refractivity contribution in [3.05, 3.63) is 58.3 Å². The van der Waals surface area contributed by atoms with Crippen molar-refractivity contribution in [2.45, 2.75) is 25.9 Å². The second-order valence-corrected chi connectivity index (χ2v) is 6.29. The summed E-state index contributed by atoms with van der Waals surface area (Å²) in [5, 5.41) is 5.08. The molecule has 0 saturated carbocycles. The molecule has 2 atom stereocenters. The van der Waals surface area contributed by atoms with Crippen molar-refractivity contribution in [2.24, 2.45) is 0 Å². The fourth-order valence-corrected chi connectivity index (χ4v) is 2.98. The van der Waals surface area contributed by atoms with E-state index in [0.29, 0.717) is 6.54 Å². The van der Waals surface area contributed by atoms with E-state index in [9.17, 15) is 4.79 Å². The van der Waals surface area contributed by atoms with Crippen molar-refractivity contribution >= 4 is 17.2 Å². The van der Waals surface area contributed by atoms with Crippen molar-refractivity contribution in [2.75, 3.05) is 13.6 Å². The SMILES string of the molecule is C[C@H](NC(=O)CN(C)[C@@H](C)c1ccccc1)c1cccs1. The second kappa shape index (κ2) is 7.38. The highest BCUT2D eigenvalue weighted by Crippen LogP contribution is 2.19. The minimum atomic E-state index is 0.0566. The number of hydrogen-bond donors (Lipinski definition) is 1. The Labute approximate surface area is 130 Å². The summed E-state index contributed by atoms with van der Waals surface area (Å²) >= 11 is 1.67. The smallest absolute Gasteiger partial charge is 0.234 e. The number of benzene rings is 1. The first kappa shape index (κ1) is 15.7. The van der Waals surface area contributed by atoms with Crippen LogP contribution < -0.4 is 5.32 Å².